The van der Waals surface area contributed by atoms with Crippen LogP contribution in [0.1, 0.15) is 55.1 Å². The molecule has 0 saturated carbocycles. The van der Waals surface area contributed by atoms with Gasteiger partial charge in [-0.1, -0.05) is 32.0 Å². The molecule has 0 atom stereocenters. The van der Waals surface area contributed by atoms with E-state index < -0.39 is 0 Å². The third-order valence-corrected chi connectivity index (χ3v) is 3.10. The van der Waals surface area contributed by atoms with Crippen molar-refractivity contribution >= 4 is 6.29 Å². The van der Waals surface area contributed by atoms with E-state index in [9.17, 15) is 14.8 Å². The van der Waals surface area contributed by atoms with Crippen molar-refractivity contribution in [3.8, 4) is 5.75 Å². The highest BCUT2D eigenvalue weighted by molar-refractivity contribution is 5.80. The van der Waals surface area contributed by atoms with Gasteiger partial charge >= 0.3 is 0 Å². The van der Waals surface area contributed by atoms with E-state index in [4.69, 9.17) is 0 Å². The molecule has 0 bridgehead atoms. The molecule has 19 heavy (non-hydrogen) atoms. The Morgan fingerprint density at radius 1 is 1.26 bits per heavy atom. The van der Waals surface area contributed by atoms with Gasteiger partial charge in [0.1, 0.15) is 5.75 Å². The van der Waals surface area contributed by atoms with Crippen LogP contribution in [0.4, 0.5) is 0 Å². The average Bonchev–Trinajstić information content (AvgIpc) is 2.34. The summed E-state index contributed by atoms with van der Waals surface area (Å²) in [5, 5.41) is 12.9. The summed E-state index contributed by atoms with van der Waals surface area (Å²) in [6.07, 6.45) is 3.05. The maximum atomic E-state index is 11.0. The number of aromatic hydroxyl groups is 1. The molecule has 0 aromatic heterocycles. The first kappa shape index (κ1) is 15.3. The summed E-state index contributed by atoms with van der Waals surface area (Å²) < 4.78 is 0. The van der Waals surface area contributed by atoms with Crippen LogP contribution in [0.15, 0.2) is 17.3 Å². The average molecular weight is 263 g/mol. The van der Waals surface area contributed by atoms with Gasteiger partial charge in [0.2, 0.25) is 0 Å². The third-order valence-electron chi connectivity index (χ3n) is 3.10. The van der Waals surface area contributed by atoms with Gasteiger partial charge in [-0.05, 0) is 36.3 Å². The molecule has 0 aliphatic rings. The van der Waals surface area contributed by atoms with Gasteiger partial charge in [-0.25, -0.2) is 0 Å². The molecule has 0 unspecified atom stereocenters. The monoisotopic (exact) mass is 263 g/mol. The second-order valence-corrected chi connectivity index (χ2v) is 5.76. The van der Waals surface area contributed by atoms with E-state index in [1.165, 1.54) is 0 Å². The van der Waals surface area contributed by atoms with Crippen molar-refractivity contribution in [3.63, 3.8) is 0 Å². The highest BCUT2D eigenvalue weighted by atomic mass is 16.3. The summed E-state index contributed by atoms with van der Waals surface area (Å²) in [6.45, 7) is 6.31. The second kappa shape index (κ2) is 6.45. The number of hydrogen-bond donors (Lipinski definition) is 1. The molecule has 0 saturated heterocycles. The number of aryl methyl sites for hydroxylation is 1. The lowest BCUT2D eigenvalue weighted by molar-refractivity contribution is 0.112. The van der Waals surface area contributed by atoms with Crippen LogP contribution in [0.25, 0.3) is 0 Å². The zero-order valence-electron chi connectivity index (χ0n) is 11.8. The van der Waals surface area contributed by atoms with Crippen LogP contribution in [0.2, 0.25) is 0 Å². The minimum atomic E-state index is -0.220. The summed E-state index contributed by atoms with van der Waals surface area (Å²) in [5.74, 6) is 0.0702. The maximum absolute atomic E-state index is 11.0. The van der Waals surface area contributed by atoms with E-state index in [-0.39, 0.29) is 11.2 Å². The number of nitroso groups, excluding NO2 is 1. The lowest BCUT2D eigenvalue weighted by Crippen LogP contribution is -2.13. The van der Waals surface area contributed by atoms with E-state index in [0.717, 1.165) is 30.4 Å². The molecule has 0 radical (unpaired) electrons. The molecule has 0 aliphatic heterocycles. The fourth-order valence-corrected chi connectivity index (χ4v) is 2.03. The first-order chi connectivity index (χ1) is 8.90. The van der Waals surface area contributed by atoms with Crippen LogP contribution in [0, 0.1) is 4.91 Å². The molecule has 1 aromatic rings. The van der Waals surface area contributed by atoms with Crippen molar-refractivity contribution in [2.24, 2.45) is 5.18 Å². The van der Waals surface area contributed by atoms with E-state index in [0.29, 0.717) is 18.4 Å². The molecule has 1 N–H and O–H groups in total. The molecule has 1 aromatic carbocycles. The molecule has 104 valence electrons. The minimum absolute atomic E-state index is 0.0702. The summed E-state index contributed by atoms with van der Waals surface area (Å²) in [4.78, 5) is 21.0. The van der Waals surface area contributed by atoms with Crippen molar-refractivity contribution < 1.29 is 9.90 Å². The highest BCUT2D eigenvalue weighted by Crippen LogP contribution is 2.34. The summed E-state index contributed by atoms with van der Waals surface area (Å²) >= 11 is 0. The van der Waals surface area contributed by atoms with Gasteiger partial charge in [0, 0.05) is 5.56 Å². The summed E-state index contributed by atoms with van der Waals surface area (Å²) in [6, 6.07) is 3.66. The molecule has 0 aliphatic carbocycles. The van der Waals surface area contributed by atoms with Gasteiger partial charge < -0.3 is 5.11 Å². The lowest BCUT2D eigenvalue weighted by Gasteiger charge is -2.22. The zero-order valence-corrected chi connectivity index (χ0v) is 11.8. The second-order valence-electron chi connectivity index (χ2n) is 5.76. The van der Waals surface area contributed by atoms with Crippen LogP contribution in [-0.4, -0.2) is 17.9 Å². The Kier molecular flexibility index (Phi) is 5.21. The van der Waals surface area contributed by atoms with Crippen LogP contribution in [0.5, 0.6) is 5.75 Å². The number of carbonyl (C=O) groups excluding carboxylic acids is 1. The molecule has 0 amide bonds. The Balaban J connectivity index is 3.00. The van der Waals surface area contributed by atoms with Crippen molar-refractivity contribution in [1.29, 1.82) is 0 Å². The normalized spacial score (nSPS) is 11.3. The van der Waals surface area contributed by atoms with E-state index in [2.05, 4.69) is 5.18 Å². The predicted octanol–water partition coefficient (Wildman–Crippen LogP) is 3.59. The number of hydrogen-bond acceptors (Lipinski definition) is 4. The molecule has 0 fully saturated rings. The van der Waals surface area contributed by atoms with Crippen molar-refractivity contribution in [3.05, 3.63) is 33.7 Å². The minimum Gasteiger partial charge on any atom is -0.507 e. The van der Waals surface area contributed by atoms with Gasteiger partial charge in [0.25, 0.3) is 0 Å². The van der Waals surface area contributed by atoms with Crippen molar-refractivity contribution in [2.75, 3.05) is 6.54 Å². The molecular formula is C15H21NO3. The Hall–Kier alpha value is -1.71. The molecule has 1 rings (SSSR count). The van der Waals surface area contributed by atoms with E-state index >= 15 is 0 Å². The fraction of sp³-hybridized carbons (Fsp3) is 0.533. The number of phenols is 1. The fourth-order valence-electron chi connectivity index (χ4n) is 2.03. The summed E-state index contributed by atoms with van der Waals surface area (Å²) in [5.41, 5.74) is 1.90. The van der Waals surface area contributed by atoms with Gasteiger partial charge in [-0.15, -0.1) is 0 Å². The van der Waals surface area contributed by atoms with Crippen LogP contribution in [-0.2, 0) is 11.8 Å². The summed E-state index contributed by atoms with van der Waals surface area (Å²) in [7, 11) is 0. The maximum Gasteiger partial charge on any atom is 0.153 e. The van der Waals surface area contributed by atoms with Crippen molar-refractivity contribution in [1.82, 2.24) is 0 Å². The molecular weight excluding hydrogens is 242 g/mol. The smallest absolute Gasteiger partial charge is 0.153 e. The largest absolute Gasteiger partial charge is 0.507 e. The van der Waals surface area contributed by atoms with Crippen LogP contribution >= 0.6 is 0 Å². The third kappa shape index (κ3) is 4.16. The Labute approximate surface area is 113 Å². The molecule has 0 spiro atoms. The Morgan fingerprint density at radius 3 is 2.47 bits per heavy atom. The van der Waals surface area contributed by atoms with Gasteiger partial charge in [-0.2, -0.15) is 4.91 Å². The molecule has 4 nitrogen and oxygen atoms in total. The van der Waals surface area contributed by atoms with Crippen LogP contribution in [0.3, 0.4) is 0 Å². The van der Waals surface area contributed by atoms with Gasteiger partial charge in [0.15, 0.2) is 6.29 Å². The predicted molar refractivity (Wildman–Crippen MR) is 75.8 cm³/mol. The number of carbonyl (C=O) groups is 1. The molecule has 4 heteroatoms. The topological polar surface area (TPSA) is 66.7 Å². The van der Waals surface area contributed by atoms with Crippen molar-refractivity contribution in [2.45, 2.75) is 45.4 Å². The standard InChI is InChI=1S/C15H21NO3/c1-15(2,3)13-9-11(6-4-5-7-16-19)8-12(10-17)14(13)18/h8-10,18H,4-7H2,1-3H3. The number of aldehydes is 1. The van der Waals surface area contributed by atoms with Gasteiger partial charge in [0.05, 0.1) is 12.1 Å². The molecule has 0 heterocycles. The van der Waals surface area contributed by atoms with Gasteiger partial charge in [-0.3, -0.25) is 4.79 Å². The Morgan fingerprint density at radius 2 is 1.95 bits per heavy atom. The van der Waals surface area contributed by atoms with E-state index in [1.54, 1.807) is 6.07 Å². The number of nitrogens with zero attached hydrogens (tertiary/aromatic N) is 1. The Bertz CT molecular complexity index is 461. The lowest BCUT2D eigenvalue weighted by atomic mass is 9.83. The number of phenolic OH excluding ortho intramolecular Hbond substituents is 1. The highest BCUT2D eigenvalue weighted by Gasteiger charge is 2.21. The zero-order chi connectivity index (χ0) is 14.5. The first-order valence-corrected chi connectivity index (χ1v) is 6.51. The van der Waals surface area contributed by atoms with E-state index in [1.807, 2.05) is 26.8 Å². The van der Waals surface area contributed by atoms with Crippen LogP contribution < -0.4 is 0 Å². The first-order valence-electron chi connectivity index (χ1n) is 6.51. The number of unbranched alkanes of at least 4 members (excludes halogenated alkanes) is 1. The quantitative estimate of drug-likeness (QED) is 0.484. The SMILES string of the molecule is CC(C)(C)c1cc(CCCCN=O)cc(C=O)c1O. The number of benzene rings is 1. The number of rotatable bonds is 6.